The Hall–Kier alpha value is -0.413. The van der Waals surface area contributed by atoms with Crippen molar-refractivity contribution in [2.45, 2.75) is 102 Å². The van der Waals surface area contributed by atoms with Crippen LogP contribution < -0.4 is 0 Å². The summed E-state index contributed by atoms with van der Waals surface area (Å²) in [7, 11) is -0.325. The van der Waals surface area contributed by atoms with Crippen LogP contribution in [0.2, 0.25) is 23.2 Å². The lowest BCUT2D eigenvalue weighted by Gasteiger charge is -2.29. The first-order chi connectivity index (χ1) is 13.6. The molecule has 0 radical (unpaired) electrons. The van der Waals surface area contributed by atoms with E-state index >= 15 is 0 Å². The quantitative estimate of drug-likeness (QED) is 0.222. The lowest BCUT2D eigenvalue weighted by molar-refractivity contribution is 0.296. The standard InChI is InChI=1S/C24H37ClF2Si/c1-2-13-28-14-11-19(12-15-28)6-4-3-5-18-7-9-20(10-8-18)21-16-22(26)24(25)23(27)17-21/h16-20,28H,2-15H2,1H3/t18-,19?,20-,28?. The zero-order valence-electron chi connectivity index (χ0n) is 17.5. The highest BCUT2D eigenvalue weighted by atomic mass is 35.5. The van der Waals surface area contributed by atoms with E-state index in [1.807, 2.05) is 0 Å². The maximum absolute atomic E-state index is 13.7. The number of hydrogen-bond donors (Lipinski definition) is 0. The van der Waals surface area contributed by atoms with Crippen LogP contribution in [0.4, 0.5) is 8.78 Å². The summed E-state index contributed by atoms with van der Waals surface area (Å²) in [5.41, 5.74) is 0.792. The monoisotopic (exact) mass is 426 g/mol. The zero-order chi connectivity index (χ0) is 19.9. The van der Waals surface area contributed by atoms with Gasteiger partial charge < -0.3 is 0 Å². The molecule has 0 amide bonds. The van der Waals surface area contributed by atoms with Gasteiger partial charge >= 0.3 is 0 Å². The van der Waals surface area contributed by atoms with E-state index in [9.17, 15) is 8.78 Å². The molecular weight excluding hydrogens is 390 g/mol. The predicted molar refractivity (Wildman–Crippen MR) is 119 cm³/mol. The van der Waals surface area contributed by atoms with Crippen LogP contribution in [0.1, 0.15) is 89.0 Å². The molecule has 1 aromatic rings. The van der Waals surface area contributed by atoms with Crippen LogP contribution >= 0.6 is 11.6 Å². The lowest BCUT2D eigenvalue weighted by Crippen LogP contribution is -2.21. The third kappa shape index (κ3) is 6.29. The van der Waals surface area contributed by atoms with Gasteiger partial charge in [0.15, 0.2) is 0 Å². The molecule has 1 saturated heterocycles. The molecule has 1 heterocycles. The number of rotatable bonds is 8. The molecule has 0 aromatic heterocycles. The second-order valence-electron chi connectivity index (χ2n) is 9.48. The Morgan fingerprint density at radius 2 is 1.43 bits per heavy atom. The second-order valence-corrected chi connectivity index (χ2v) is 13.3. The van der Waals surface area contributed by atoms with E-state index < -0.39 is 11.6 Å². The van der Waals surface area contributed by atoms with Gasteiger partial charge in [-0.1, -0.05) is 81.6 Å². The van der Waals surface area contributed by atoms with E-state index in [2.05, 4.69) is 6.92 Å². The third-order valence-electron chi connectivity index (χ3n) is 7.46. The Kier molecular flexibility index (Phi) is 8.84. The summed E-state index contributed by atoms with van der Waals surface area (Å²) in [6.45, 7) is 2.35. The molecule has 2 fully saturated rings. The average Bonchev–Trinajstić information content (AvgIpc) is 2.71. The van der Waals surface area contributed by atoms with Crippen LogP contribution in [0.25, 0.3) is 0 Å². The molecule has 0 nitrogen and oxygen atoms in total. The Bertz CT molecular complexity index is 582. The van der Waals surface area contributed by atoms with Crippen molar-refractivity contribution in [3.63, 3.8) is 0 Å². The van der Waals surface area contributed by atoms with E-state index in [4.69, 9.17) is 11.6 Å². The van der Waals surface area contributed by atoms with Gasteiger partial charge in [0.25, 0.3) is 0 Å². The molecule has 158 valence electrons. The van der Waals surface area contributed by atoms with E-state index in [-0.39, 0.29) is 13.8 Å². The normalized spacial score (nSPS) is 28.4. The summed E-state index contributed by atoms with van der Waals surface area (Å²) in [5, 5.41) is -0.376. The molecule has 2 aliphatic rings. The minimum absolute atomic E-state index is 0.292. The topological polar surface area (TPSA) is 0 Å². The van der Waals surface area contributed by atoms with Crippen molar-refractivity contribution in [3.05, 3.63) is 34.4 Å². The SMILES string of the molecule is CCC[SiH]1CCC(CCCC[C@H]2CC[C@H](c3cc(F)c(Cl)c(F)c3)CC2)CC1. The fourth-order valence-electron chi connectivity index (χ4n) is 5.68. The van der Waals surface area contributed by atoms with Crippen LogP contribution in [0.15, 0.2) is 12.1 Å². The highest BCUT2D eigenvalue weighted by Crippen LogP contribution is 2.39. The number of unbranched alkanes of at least 4 members (excludes halogenated alkanes) is 1. The van der Waals surface area contributed by atoms with Gasteiger partial charge in [-0.05, 0) is 61.1 Å². The van der Waals surface area contributed by atoms with E-state index in [1.165, 1.54) is 69.9 Å². The summed E-state index contributed by atoms with van der Waals surface area (Å²) in [4.78, 5) is 0. The lowest BCUT2D eigenvalue weighted by atomic mass is 9.77. The summed E-state index contributed by atoms with van der Waals surface area (Å²) in [6.07, 6.45) is 14.5. The molecule has 0 N–H and O–H groups in total. The van der Waals surface area contributed by atoms with Gasteiger partial charge in [0.05, 0.1) is 0 Å². The van der Waals surface area contributed by atoms with Crippen molar-refractivity contribution in [1.82, 2.24) is 0 Å². The van der Waals surface area contributed by atoms with Gasteiger partial charge in [0.2, 0.25) is 0 Å². The van der Waals surface area contributed by atoms with Gasteiger partial charge in [-0.15, -0.1) is 0 Å². The van der Waals surface area contributed by atoms with Crippen LogP contribution in [-0.4, -0.2) is 8.80 Å². The minimum Gasteiger partial charge on any atom is -0.205 e. The van der Waals surface area contributed by atoms with E-state index in [0.717, 1.165) is 30.2 Å². The number of halogens is 3. The van der Waals surface area contributed by atoms with Gasteiger partial charge in [0, 0.05) is 8.80 Å². The van der Waals surface area contributed by atoms with E-state index in [1.54, 1.807) is 18.1 Å². The average molecular weight is 427 g/mol. The fraction of sp³-hybridized carbons (Fsp3) is 0.750. The molecule has 28 heavy (non-hydrogen) atoms. The summed E-state index contributed by atoms with van der Waals surface area (Å²) < 4.78 is 27.4. The molecule has 0 spiro atoms. The Morgan fingerprint density at radius 3 is 1.96 bits per heavy atom. The first kappa shape index (κ1) is 22.3. The van der Waals surface area contributed by atoms with Crippen LogP contribution in [0.5, 0.6) is 0 Å². The molecule has 0 bridgehead atoms. The van der Waals surface area contributed by atoms with Crippen LogP contribution in [-0.2, 0) is 0 Å². The largest absolute Gasteiger partial charge is 0.205 e. The van der Waals surface area contributed by atoms with Crippen molar-refractivity contribution in [1.29, 1.82) is 0 Å². The van der Waals surface area contributed by atoms with Crippen molar-refractivity contribution in [2.24, 2.45) is 11.8 Å². The van der Waals surface area contributed by atoms with Gasteiger partial charge in [0.1, 0.15) is 16.7 Å². The molecule has 3 rings (SSSR count). The van der Waals surface area contributed by atoms with Crippen molar-refractivity contribution < 1.29 is 8.78 Å². The molecule has 4 heteroatoms. The van der Waals surface area contributed by atoms with Crippen LogP contribution in [0, 0.1) is 23.5 Å². The Balaban J connectivity index is 1.31. The smallest absolute Gasteiger partial charge is 0.145 e. The van der Waals surface area contributed by atoms with Crippen molar-refractivity contribution in [2.75, 3.05) is 0 Å². The van der Waals surface area contributed by atoms with Crippen molar-refractivity contribution in [3.8, 4) is 0 Å². The van der Waals surface area contributed by atoms with Crippen LogP contribution in [0.3, 0.4) is 0 Å². The first-order valence-corrected chi connectivity index (χ1v) is 14.5. The Labute approximate surface area is 177 Å². The summed E-state index contributed by atoms with van der Waals surface area (Å²) in [6, 6.07) is 7.66. The molecule has 0 atom stereocenters. The molecule has 1 saturated carbocycles. The maximum atomic E-state index is 13.7. The molecule has 1 aromatic carbocycles. The third-order valence-corrected chi connectivity index (χ3v) is 11.5. The molecular formula is C24H37ClF2Si. The van der Waals surface area contributed by atoms with Gasteiger partial charge in [-0.3, -0.25) is 0 Å². The summed E-state index contributed by atoms with van der Waals surface area (Å²) in [5.74, 6) is 0.882. The molecule has 1 aliphatic carbocycles. The van der Waals surface area contributed by atoms with Crippen molar-refractivity contribution >= 4 is 20.4 Å². The first-order valence-electron chi connectivity index (χ1n) is 11.7. The fourth-order valence-corrected chi connectivity index (χ4v) is 9.36. The number of benzene rings is 1. The Morgan fingerprint density at radius 1 is 0.893 bits per heavy atom. The highest BCUT2D eigenvalue weighted by Gasteiger charge is 2.24. The highest BCUT2D eigenvalue weighted by molar-refractivity contribution is 6.58. The second kappa shape index (κ2) is 11.1. The van der Waals surface area contributed by atoms with E-state index in [0.29, 0.717) is 5.92 Å². The summed E-state index contributed by atoms with van der Waals surface area (Å²) >= 11 is 5.61. The molecule has 1 aliphatic heterocycles. The van der Waals surface area contributed by atoms with Gasteiger partial charge in [-0.25, -0.2) is 8.78 Å². The number of hydrogen-bond acceptors (Lipinski definition) is 0. The van der Waals surface area contributed by atoms with Gasteiger partial charge in [-0.2, -0.15) is 0 Å². The zero-order valence-corrected chi connectivity index (χ0v) is 19.4. The molecule has 0 unspecified atom stereocenters. The predicted octanol–water partition coefficient (Wildman–Crippen LogP) is 8.50. The minimum atomic E-state index is -0.620. The maximum Gasteiger partial charge on any atom is 0.145 e.